The van der Waals surface area contributed by atoms with E-state index in [-0.39, 0.29) is 5.82 Å². The fraction of sp³-hybridized carbons (Fsp3) is 0.0714. The smallest absolute Gasteiger partial charge is 0.140 e. The third-order valence-electron chi connectivity index (χ3n) is 2.54. The molecular weight excluding hydrogens is 375 g/mol. The van der Waals surface area contributed by atoms with Crippen LogP contribution >= 0.6 is 31.9 Å². The summed E-state index contributed by atoms with van der Waals surface area (Å²) in [5.41, 5.74) is 1.38. The van der Waals surface area contributed by atoms with Crippen LogP contribution in [0.25, 0.3) is 0 Å². The molecular formula is C14H9Br2FN2. The predicted molar refractivity (Wildman–Crippen MR) is 80.2 cm³/mol. The van der Waals surface area contributed by atoms with Crippen LogP contribution in [-0.2, 0) is 0 Å². The van der Waals surface area contributed by atoms with E-state index < -0.39 is 6.04 Å². The first kappa shape index (κ1) is 14.0. The van der Waals surface area contributed by atoms with Gasteiger partial charge in [0.2, 0.25) is 0 Å². The predicted octanol–water partition coefficient (Wildman–Crippen LogP) is 5.03. The van der Waals surface area contributed by atoms with Crippen molar-refractivity contribution in [2.75, 3.05) is 5.32 Å². The van der Waals surface area contributed by atoms with Crippen LogP contribution in [0.2, 0.25) is 0 Å². The van der Waals surface area contributed by atoms with Crippen molar-refractivity contribution in [3.05, 3.63) is 62.8 Å². The average Bonchev–Trinajstić information content (AvgIpc) is 2.39. The molecule has 19 heavy (non-hydrogen) atoms. The number of rotatable bonds is 3. The van der Waals surface area contributed by atoms with Gasteiger partial charge < -0.3 is 5.32 Å². The highest BCUT2D eigenvalue weighted by Gasteiger charge is 2.12. The van der Waals surface area contributed by atoms with E-state index in [9.17, 15) is 9.65 Å². The normalized spacial score (nSPS) is 11.7. The lowest BCUT2D eigenvalue weighted by atomic mass is 10.1. The molecule has 0 saturated carbocycles. The van der Waals surface area contributed by atoms with Gasteiger partial charge in [0.15, 0.2) is 0 Å². The van der Waals surface area contributed by atoms with Crippen LogP contribution in [0.5, 0.6) is 0 Å². The van der Waals surface area contributed by atoms with E-state index in [0.29, 0.717) is 10.0 Å². The molecule has 1 N–H and O–H groups in total. The average molecular weight is 384 g/mol. The van der Waals surface area contributed by atoms with Crippen molar-refractivity contribution >= 4 is 37.5 Å². The quantitative estimate of drug-likeness (QED) is 0.806. The van der Waals surface area contributed by atoms with Crippen molar-refractivity contribution in [3.63, 3.8) is 0 Å². The summed E-state index contributed by atoms with van der Waals surface area (Å²) in [6.07, 6.45) is 0. The van der Waals surface area contributed by atoms with Gasteiger partial charge in [0.1, 0.15) is 11.9 Å². The Morgan fingerprint density at radius 1 is 1.16 bits per heavy atom. The van der Waals surface area contributed by atoms with Crippen molar-refractivity contribution in [1.82, 2.24) is 0 Å². The molecule has 0 fully saturated rings. The highest BCUT2D eigenvalue weighted by molar-refractivity contribution is 9.10. The highest BCUT2D eigenvalue weighted by Crippen LogP contribution is 2.24. The minimum Gasteiger partial charge on any atom is -0.366 e. The molecule has 0 aromatic heterocycles. The first-order chi connectivity index (χ1) is 9.10. The lowest BCUT2D eigenvalue weighted by molar-refractivity contribution is 0.618. The molecule has 2 nitrogen and oxygen atoms in total. The van der Waals surface area contributed by atoms with Crippen LogP contribution in [0.4, 0.5) is 10.1 Å². The molecule has 0 spiro atoms. The Morgan fingerprint density at radius 2 is 1.95 bits per heavy atom. The van der Waals surface area contributed by atoms with Gasteiger partial charge in [-0.05, 0) is 51.8 Å². The molecule has 1 unspecified atom stereocenters. The van der Waals surface area contributed by atoms with Crippen LogP contribution in [0.15, 0.2) is 51.4 Å². The van der Waals surface area contributed by atoms with Crippen LogP contribution in [-0.4, -0.2) is 0 Å². The van der Waals surface area contributed by atoms with Gasteiger partial charge in [-0.15, -0.1) is 0 Å². The molecule has 0 amide bonds. The molecule has 2 aromatic carbocycles. The highest BCUT2D eigenvalue weighted by atomic mass is 79.9. The monoisotopic (exact) mass is 382 g/mol. The number of hydrogen-bond acceptors (Lipinski definition) is 2. The van der Waals surface area contributed by atoms with Gasteiger partial charge >= 0.3 is 0 Å². The topological polar surface area (TPSA) is 35.8 Å². The van der Waals surface area contributed by atoms with Gasteiger partial charge in [0.25, 0.3) is 0 Å². The molecule has 5 heteroatoms. The van der Waals surface area contributed by atoms with Gasteiger partial charge in [0.05, 0.1) is 10.5 Å². The molecule has 96 valence electrons. The molecule has 0 heterocycles. The van der Waals surface area contributed by atoms with Gasteiger partial charge in [-0.1, -0.05) is 28.1 Å². The van der Waals surface area contributed by atoms with Crippen molar-refractivity contribution in [3.8, 4) is 6.07 Å². The summed E-state index contributed by atoms with van der Waals surface area (Å²) in [7, 11) is 0. The number of hydrogen-bond donors (Lipinski definition) is 1. The number of halogens is 3. The standard InChI is InChI=1S/C14H9Br2FN2/c15-10-2-1-3-11(7-10)19-14(8-18)9-4-5-12(16)13(17)6-9/h1-7,14,19H. The SMILES string of the molecule is N#CC(Nc1cccc(Br)c1)c1ccc(Br)c(F)c1. The number of nitriles is 1. The fourth-order valence-electron chi connectivity index (χ4n) is 1.63. The molecule has 1 atom stereocenters. The second-order valence-corrected chi connectivity index (χ2v) is 5.66. The van der Waals surface area contributed by atoms with Crippen molar-refractivity contribution in [1.29, 1.82) is 5.26 Å². The Labute approximate surface area is 127 Å². The summed E-state index contributed by atoms with van der Waals surface area (Å²) in [6, 6.07) is 13.7. The van der Waals surface area contributed by atoms with Crippen LogP contribution in [0.1, 0.15) is 11.6 Å². The Bertz CT molecular complexity index is 638. The fourth-order valence-corrected chi connectivity index (χ4v) is 2.27. The number of benzene rings is 2. The molecule has 2 rings (SSSR count). The summed E-state index contributed by atoms with van der Waals surface area (Å²) in [6.45, 7) is 0. The summed E-state index contributed by atoms with van der Waals surface area (Å²) in [5.74, 6) is -0.381. The number of nitrogens with one attached hydrogen (secondary N) is 1. The molecule has 0 aliphatic heterocycles. The maximum atomic E-state index is 13.5. The van der Waals surface area contributed by atoms with Crippen molar-refractivity contribution < 1.29 is 4.39 Å². The zero-order valence-corrected chi connectivity index (χ0v) is 12.9. The largest absolute Gasteiger partial charge is 0.366 e. The maximum Gasteiger partial charge on any atom is 0.140 e. The van der Waals surface area contributed by atoms with E-state index in [2.05, 4.69) is 43.2 Å². The molecule has 2 aromatic rings. The van der Waals surface area contributed by atoms with Gasteiger partial charge in [-0.25, -0.2) is 4.39 Å². The van der Waals surface area contributed by atoms with E-state index in [1.807, 2.05) is 24.3 Å². The minimum atomic E-state index is -0.600. The van der Waals surface area contributed by atoms with E-state index in [1.54, 1.807) is 12.1 Å². The van der Waals surface area contributed by atoms with Gasteiger partial charge in [-0.2, -0.15) is 5.26 Å². The van der Waals surface area contributed by atoms with E-state index >= 15 is 0 Å². The summed E-state index contributed by atoms with van der Waals surface area (Å²) in [5, 5.41) is 12.3. The summed E-state index contributed by atoms with van der Waals surface area (Å²) < 4.78 is 14.8. The van der Waals surface area contributed by atoms with Crippen molar-refractivity contribution in [2.24, 2.45) is 0 Å². The Kier molecular flexibility index (Phi) is 4.56. The lowest BCUT2D eigenvalue weighted by Gasteiger charge is -2.14. The molecule has 0 aliphatic rings. The van der Waals surface area contributed by atoms with Gasteiger partial charge in [0, 0.05) is 10.2 Å². The van der Waals surface area contributed by atoms with Crippen molar-refractivity contribution in [2.45, 2.75) is 6.04 Å². The first-order valence-corrected chi connectivity index (χ1v) is 7.05. The molecule has 0 bridgehead atoms. The zero-order chi connectivity index (χ0) is 13.8. The number of nitrogens with zero attached hydrogens (tertiary/aromatic N) is 1. The van der Waals surface area contributed by atoms with E-state index in [1.165, 1.54) is 6.07 Å². The van der Waals surface area contributed by atoms with Gasteiger partial charge in [-0.3, -0.25) is 0 Å². The molecule has 0 radical (unpaired) electrons. The minimum absolute atomic E-state index is 0.381. The summed E-state index contributed by atoms with van der Waals surface area (Å²) in [4.78, 5) is 0. The Balaban J connectivity index is 2.25. The first-order valence-electron chi connectivity index (χ1n) is 5.47. The van der Waals surface area contributed by atoms with Crippen LogP contribution in [0, 0.1) is 17.1 Å². The van der Waals surface area contributed by atoms with Crippen LogP contribution < -0.4 is 5.32 Å². The lowest BCUT2D eigenvalue weighted by Crippen LogP contribution is -2.08. The summed E-state index contributed by atoms with van der Waals surface area (Å²) >= 11 is 6.45. The maximum absolute atomic E-state index is 13.5. The van der Waals surface area contributed by atoms with E-state index in [4.69, 9.17) is 0 Å². The molecule has 0 saturated heterocycles. The number of anilines is 1. The Hall–Kier alpha value is -1.38. The Morgan fingerprint density at radius 3 is 2.58 bits per heavy atom. The third kappa shape index (κ3) is 3.55. The molecule has 0 aliphatic carbocycles. The second-order valence-electron chi connectivity index (χ2n) is 3.89. The third-order valence-corrected chi connectivity index (χ3v) is 3.68. The van der Waals surface area contributed by atoms with Crippen LogP contribution in [0.3, 0.4) is 0 Å². The zero-order valence-electron chi connectivity index (χ0n) is 9.70. The van der Waals surface area contributed by atoms with E-state index in [0.717, 1.165) is 10.2 Å². The second kappa shape index (κ2) is 6.18.